The molecule has 0 aromatic heterocycles. The number of hydrogen-bond acceptors (Lipinski definition) is 3. The first kappa shape index (κ1) is 19.3. The molecule has 0 aliphatic rings. The quantitative estimate of drug-likeness (QED) is 0.495. The normalized spacial score (nSPS) is 12.9. The monoisotopic (exact) mass is 306 g/mol. The third kappa shape index (κ3) is 6.08. The maximum Gasteiger partial charge on any atom is 0.500 e. The van der Waals surface area contributed by atoms with Gasteiger partial charge in [-0.25, -0.2) is 0 Å². The summed E-state index contributed by atoms with van der Waals surface area (Å²) in [7, 11) is -3.48. The first-order valence-electron chi connectivity index (χ1n) is 7.99. The fourth-order valence-electron chi connectivity index (χ4n) is 2.57. The summed E-state index contributed by atoms with van der Waals surface area (Å²) in [4.78, 5) is 0. The maximum absolute atomic E-state index is 6.15. The highest BCUT2D eigenvalue weighted by Crippen LogP contribution is 2.26. The van der Waals surface area contributed by atoms with Gasteiger partial charge >= 0.3 is 8.80 Å². The summed E-state index contributed by atoms with van der Waals surface area (Å²) in [6.07, 6.45) is 0. The Balaban J connectivity index is 4.46. The molecule has 116 valence electrons. The van der Waals surface area contributed by atoms with Crippen LogP contribution in [0.5, 0.6) is 0 Å². The van der Waals surface area contributed by atoms with Gasteiger partial charge in [0.25, 0.3) is 0 Å². The van der Waals surface area contributed by atoms with Crippen molar-refractivity contribution in [3.63, 3.8) is 0 Å². The summed E-state index contributed by atoms with van der Waals surface area (Å²) in [5.41, 5.74) is 0. The lowest BCUT2D eigenvalue weighted by Gasteiger charge is -2.32. The van der Waals surface area contributed by atoms with Crippen LogP contribution in [0.25, 0.3) is 0 Å². The Hall–Kier alpha value is 0.314. The minimum Gasteiger partial charge on any atom is -0.374 e. The van der Waals surface area contributed by atoms with Crippen LogP contribution in [0, 0.1) is 0 Å². The van der Waals surface area contributed by atoms with Crippen molar-refractivity contribution in [1.82, 2.24) is 0 Å². The molecule has 0 bridgehead atoms. The molecule has 0 fully saturated rings. The molecule has 3 nitrogen and oxygen atoms in total. The summed E-state index contributed by atoms with van der Waals surface area (Å²) < 4.78 is 17.8. The van der Waals surface area contributed by atoms with Gasteiger partial charge in [0.05, 0.1) is 8.07 Å². The lowest BCUT2D eigenvalue weighted by atomic mass is 10.8. The highest BCUT2D eigenvalue weighted by molar-refractivity contribution is 6.79. The molecule has 0 amide bonds. The second-order valence-electron chi connectivity index (χ2n) is 5.06. The van der Waals surface area contributed by atoms with Crippen molar-refractivity contribution in [2.24, 2.45) is 0 Å². The summed E-state index contributed by atoms with van der Waals surface area (Å²) >= 11 is 0. The molecule has 0 rings (SSSR count). The van der Waals surface area contributed by atoms with Crippen molar-refractivity contribution in [2.45, 2.75) is 71.8 Å². The van der Waals surface area contributed by atoms with E-state index >= 15 is 0 Å². The van der Waals surface area contributed by atoms with Crippen molar-refractivity contribution in [1.29, 1.82) is 0 Å². The Morgan fingerprint density at radius 3 is 1.42 bits per heavy atom. The zero-order valence-electron chi connectivity index (χ0n) is 13.9. The van der Waals surface area contributed by atoms with E-state index in [1.54, 1.807) is 0 Å². The van der Waals surface area contributed by atoms with Gasteiger partial charge in [0.15, 0.2) is 0 Å². The summed E-state index contributed by atoms with van der Waals surface area (Å²) in [5.74, 6) is 0. The second-order valence-corrected chi connectivity index (χ2v) is 13.6. The zero-order valence-corrected chi connectivity index (χ0v) is 15.9. The van der Waals surface area contributed by atoms with Crippen molar-refractivity contribution in [3.05, 3.63) is 0 Å². The smallest absolute Gasteiger partial charge is 0.374 e. The fraction of sp³-hybridized carbons (Fsp3) is 1.00. The minimum absolute atomic E-state index is 0.679. The molecule has 0 aromatic rings. The van der Waals surface area contributed by atoms with Gasteiger partial charge in [0, 0.05) is 25.9 Å². The molecule has 0 saturated heterocycles. The fourth-order valence-corrected chi connectivity index (χ4v) is 8.03. The Morgan fingerprint density at radius 2 is 1.11 bits per heavy atom. The number of hydrogen-bond donors (Lipinski definition) is 0. The summed E-state index contributed by atoms with van der Waals surface area (Å²) in [6.45, 7) is 15.4. The topological polar surface area (TPSA) is 27.7 Å². The van der Waals surface area contributed by atoms with Crippen molar-refractivity contribution in [2.75, 3.05) is 19.8 Å². The zero-order chi connectivity index (χ0) is 14.8. The Labute approximate surface area is 122 Å². The van der Waals surface area contributed by atoms with Gasteiger partial charge < -0.3 is 13.3 Å². The molecule has 0 atom stereocenters. The summed E-state index contributed by atoms with van der Waals surface area (Å²) in [5, 5.41) is 0. The average molecular weight is 307 g/mol. The largest absolute Gasteiger partial charge is 0.500 e. The summed E-state index contributed by atoms with van der Waals surface area (Å²) in [6, 6.07) is 6.17. The highest BCUT2D eigenvalue weighted by atomic mass is 28.4. The van der Waals surface area contributed by atoms with Gasteiger partial charge in [-0.15, -0.1) is 0 Å². The van der Waals surface area contributed by atoms with Gasteiger partial charge in [-0.3, -0.25) is 0 Å². The van der Waals surface area contributed by atoms with E-state index in [2.05, 4.69) is 27.7 Å². The van der Waals surface area contributed by atoms with Crippen LogP contribution in [0.3, 0.4) is 0 Å². The molecule has 0 aliphatic heterocycles. The molecule has 0 unspecified atom stereocenters. The van der Waals surface area contributed by atoms with Crippen LogP contribution in [0.1, 0.15) is 41.5 Å². The van der Waals surface area contributed by atoms with E-state index in [1.807, 2.05) is 13.8 Å². The van der Waals surface area contributed by atoms with Gasteiger partial charge in [-0.05, 0) is 19.9 Å². The average Bonchev–Trinajstić information content (AvgIpc) is 2.44. The molecule has 0 heterocycles. The standard InChI is InChI=1S/C14H34O3Si2/c1-7-15-19(12-6,16-8-2)17-13-14-18(9-3,10-4)11-5/h7-14H2,1-6H3. The van der Waals surface area contributed by atoms with Crippen molar-refractivity contribution in [3.8, 4) is 0 Å². The van der Waals surface area contributed by atoms with E-state index in [9.17, 15) is 0 Å². The molecule has 0 N–H and O–H groups in total. The van der Waals surface area contributed by atoms with E-state index in [4.69, 9.17) is 13.3 Å². The van der Waals surface area contributed by atoms with E-state index in [0.717, 1.165) is 12.7 Å². The van der Waals surface area contributed by atoms with Crippen LogP contribution in [-0.4, -0.2) is 36.7 Å². The van der Waals surface area contributed by atoms with Crippen LogP contribution in [0.15, 0.2) is 0 Å². The highest BCUT2D eigenvalue weighted by Gasteiger charge is 2.39. The first-order chi connectivity index (χ1) is 9.07. The third-order valence-corrected chi connectivity index (χ3v) is 13.1. The lowest BCUT2D eigenvalue weighted by Crippen LogP contribution is -2.46. The molecule has 0 spiro atoms. The van der Waals surface area contributed by atoms with Gasteiger partial charge in [0.1, 0.15) is 0 Å². The van der Waals surface area contributed by atoms with Crippen LogP contribution >= 0.6 is 0 Å². The second kappa shape index (κ2) is 10.1. The number of rotatable bonds is 12. The Morgan fingerprint density at radius 1 is 0.632 bits per heavy atom. The van der Waals surface area contributed by atoms with E-state index in [-0.39, 0.29) is 0 Å². The molecular weight excluding hydrogens is 272 g/mol. The van der Waals surface area contributed by atoms with Crippen molar-refractivity contribution >= 4 is 16.9 Å². The maximum atomic E-state index is 6.15. The first-order valence-corrected chi connectivity index (χ1v) is 12.7. The van der Waals surface area contributed by atoms with Crippen LogP contribution in [0.2, 0.25) is 30.2 Å². The van der Waals surface area contributed by atoms with Crippen LogP contribution in [0.4, 0.5) is 0 Å². The molecule has 5 heteroatoms. The molecule has 0 saturated carbocycles. The van der Waals surface area contributed by atoms with Crippen molar-refractivity contribution < 1.29 is 13.3 Å². The van der Waals surface area contributed by atoms with E-state index < -0.39 is 16.9 Å². The lowest BCUT2D eigenvalue weighted by molar-refractivity contribution is 0.0722. The van der Waals surface area contributed by atoms with Crippen LogP contribution < -0.4 is 0 Å². The van der Waals surface area contributed by atoms with Gasteiger partial charge in [0.2, 0.25) is 0 Å². The Bertz CT molecular complexity index is 206. The molecule has 0 radical (unpaired) electrons. The van der Waals surface area contributed by atoms with Gasteiger partial charge in [-0.2, -0.15) is 0 Å². The molecule has 0 aromatic carbocycles. The van der Waals surface area contributed by atoms with E-state index in [1.165, 1.54) is 24.2 Å². The third-order valence-electron chi connectivity index (χ3n) is 4.37. The van der Waals surface area contributed by atoms with Gasteiger partial charge in [-0.1, -0.05) is 45.8 Å². The van der Waals surface area contributed by atoms with Crippen LogP contribution in [-0.2, 0) is 13.3 Å². The SMILES string of the molecule is CCO[Si](CC)(OCC)OCC[Si](CC)(CC)CC. The molecule has 0 aliphatic carbocycles. The van der Waals surface area contributed by atoms with E-state index in [0.29, 0.717) is 13.2 Å². The predicted octanol–water partition coefficient (Wildman–Crippen LogP) is 4.54. The minimum atomic E-state index is -2.39. The predicted molar refractivity (Wildman–Crippen MR) is 87.4 cm³/mol. The molecular formula is C14H34O3Si2. The Kier molecular flexibility index (Phi) is 10.3. The molecule has 19 heavy (non-hydrogen) atoms.